The molecule has 8 heteroatoms. The molecule has 3 heterocycles. The minimum atomic E-state index is -0.378. The number of benzene rings is 2. The Balaban J connectivity index is 1.45. The average Bonchev–Trinajstić information content (AvgIpc) is 3.19. The molecule has 0 radical (unpaired) electrons. The number of aromatic nitrogens is 2. The Bertz CT molecular complexity index is 1360. The van der Waals surface area contributed by atoms with Crippen LogP contribution in [0, 0.1) is 6.92 Å². The molecule has 5 nitrogen and oxygen atoms in total. The fourth-order valence-corrected chi connectivity index (χ4v) is 6.55. The summed E-state index contributed by atoms with van der Waals surface area (Å²) in [5, 5.41) is 1.92. The van der Waals surface area contributed by atoms with Gasteiger partial charge in [0.2, 0.25) is 5.91 Å². The van der Waals surface area contributed by atoms with Crippen molar-refractivity contribution in [3.8, 4) is 10.4 Å². The molecule has 1 saturated heterocycles. The summed E-state index contributed by atoms with van der Waals surface area (Å²) in [7, 11) is 0. The first-order chi connectivity index (χ1) is 16.5. The van der Waals surface area contributed by atoms with Crippen LogP contribution >= 0.6 is 34.7 Å². The van der Waals surface area contributed by atoms with E-state index in [4.69, 9.17) is 16.6 Å². The number of thiophene rings is 1. The summed E-state index contributed by atoms with van der Waals surface area (Å²) in [4.78, 5) is 39.4. The highest BCUT2D eigenvalue weighted by molar-refractivity contribution is 8.00. The Labute approximate surface area is 211 Å². The maximum Gasteiger partial charge on any atom is 0.260 e. The highest BCUT2D eigenvalue weighted by atomic mass is 35.5. The second-order valence-electron chi connectivity index (χ2n) is 8.18. The third kappa shape index (κ3) is 4.73. The molecular weight excluding hydrogens is 486 g/mol. The van der Waals surface area contributed by atoms with Crippen molar-refractivity contribution in [1.29, 1.82) is 0 Å². The van der Waals surface area contributed by atoms with E-state index in [9.17, 15) is 9.59 Å². The molecule has 2 amide bonds. The quantitative estimate of drug-likeness (QED) is 0.229. The molecule has 0 unspecified atom stereocenters. The number of halogens is 1. The Morgan fingerprint density at radius 1 is 1.09 bits per heavy atom. The first-order valence-corrected chi connectivity index (χ1v) is 13.2. The number of carbonyl (C=O) groups is 2. The van der Waals surface area contributed by atoms with E-state index in [2.05, 4.69) is 23.2 Å². The van der Waals surface area contributed by atoms with Crippen LogP contribution in [-0.4, -0.2) is 38.5 Å². The van der Waals surface area contributed by atoms with Gasteiger partial charge in [-0.2, -0.15) is 0 Å². The van der Waals surface area contributed by atoms with Crippen molar-refractivity contribution in [2.75, 3.05) is 6.54 Å². The number of fused-ring (bicyclic) bond motifs is 1. The van der Waals surface area contributed by atoms with Crippen molar-refractivity contribution in [2.45, 2.75) is 36.5 Å². The lowest BCUT2D eigenvalue weighted by Gasteiger charge is -2.22. The summed E-state index contributed by atoms with van der Waals surface area (Å²) in [5.41, 5.74) is 1.60. The molecule has 0 aliphatic carbocycles. The van der Waals surface area contributed by atoms with Gasteiger partial charge in [-0.1, -0.05) is 60.1 Å². The average molecular weight is 508 g/mol. The first kappa shape index (κ1) is 23.0. The molecule has 4 aromatic rings. The van der Waals surface area contributed by atoms with Crippen LogP contribution in [0.5, 0.6) is 0 Å². The van der Waals surface area contributed by atoms with Crippen molar-refractivity contribution in [1.82, 2.24) is 14.9 Å². The molecule has 0 bridgehead atoms. The van der Waals surface area contributed by atoms with Crippen molar-refractivity contribution >= 4 is 56.7 Å². The number of hydrogen-bond donors (Lipinski definition) is 0. The van der Waals surface area contributed by atoms with Crippen LogP contribution in [0.2, 0.25) is 5.02 Å². The predicted octanol–water partition coefficient (Wildman–Crippen LogP) is 6.63. The predicted molar refractivity (Wildman–Crippen MR) is 139 cm³/mol. The number of amides is 2. The number of likely N-dealkylation sites (tertiary alicyclic amines) is 1. The molecule has 5 rings (SSSR count). The van der Waals surface area contributed by atoms with E-state index in [0.717, 1.165) is 38.5 Å². The highest BCUT2D eigenvalue weighted by Crippen LogP contribution is 2.39. The van der Waals surface area contributed by atoms with Gasteiger partial charge in [0.25, 0.3) is 5.91 Å². The molecule has 1 fully saturated rings. The second kappa shape index (κ2) is 9.86. The van der Waals surface area contributed by atoms with Gasteiger partial charge in [0.15, 0.2) is 0 Å². The Hall–Kier alpha value is -2.74. The van der Waals surface area contributed by atoms with Gasteiger partial charge in [0.05, 0.1) is 5.25 Å². The van der Waals surface area contributed by atoms with Crippen LogP contribution < -0.4 is 0 Å². The zero-order valence-corrected chi connectivity index (χ0v) is 20.9. The van der Waals surface area contributed by atoms with Gasteiger partial charge in [0, 0.05) is 27.4 Å². The van der Waals surface area contributed by atoms with Gasteiger partial charge >= 0.3 is 0 Å². The van der Waals surface area contributed by atoms with Crippen LogP contribution in [-0.2, 0) is 4.79 Å². The maximum atomic E-state index is 13.5. The zero-order chi connectivity index (χ0) is 23.7. The van der Waals surface area contributed by atoms with Gasteiger partial charge in [-0.25, -0.2) is 9.97 Å². The third-order valence-electron chi connectivity index (χ3n) is 5.76. The smallest absolute Gasteiger partial charge is 0.260 e. The number of imide groups is 1. The molecule has 34 heavy (non-hydrogen) atoms. The maximum absolute atomic E-state index is 13.5. The van der Waals surface area contributed by atoms with Crippen LogP contribution in [0.1, 0.15) is 35.4 Å². The lowest BCUT2D eigenvalue weighted by molar-refractivity contribution is -0.127. The fraction of sp³-hybridized carbons (Fsp3) is 0.231. The van der Waals surface area contributed by atoms with E-state index in [-0.39, 0.29) is 17.1 Å². The van der Waals surface area contributed by atoms with Gasteiger partial charge in [-0.15, -0.1) is 11.3 Å². The number of thioether (sulfide) groups is 1. The number of carbonyl (C=O) groups excluding carboxylic acids is 2. The Morgan fingerprint density at radius 2 is 1.85 bits per heavy atom. The van der Waals surface area contributed by atoms with Crippen molar-refractivity contribution in [3.63, 3.8) is 0 Å². The molecule has 172 valence electrons. The first-order valence-electron chi connectivity index (χ1n) is 11.1. The van der Waals surface area contributed by atoms with E-state index < -0.39 is 0 Å². The molecule has 2 aromatic carbocycles. The second-order valence-corrected chi connectivity index (χ2v) is 10.8. The molecule has 1 atom stereocenters. The number of rotatable bonds is 4. The number of aryl methyl sites for hydroxylation is 1. The minimum Gasteiger partial charge on any atom is -0.278 e. The topological polar surface area (TPSA) is 63.2 Å². The number of hydrogen-bond acceptors (Lipinski definition) is 6. The Morgan fingerprint density at radius 3 is 2.62 bits per heavy atom. The summed E-state index contributed by atoms with van der Waals surface area (Å²) in [5.74, 6) is 0.233. The molecule has 2 aromatic heterocycles. The van der Waals surface area contributed by atoms with Gasteiger partial charge in [-0.3, -0.25) is 14.5 Å². The minimum absolute atomic E-state index is 0.162. The summed E-state index contributed by atoms with van der Waals surface area (Å²) in [6.45, 7) is 2.29. The molecule has 1 aliphatic rings. The molecule has 0 N–H and O–H groups in total. The van der Waals surface area contributed by atoms with Crippen LogP contribution in [0.4, 0.5) is 0 Å². The Kier molecular flexibility index (Phi) is 6.68. The fourth-order valence-electron chi connectivity index (χ4n) is 4.03. The standard InChI is InChI=1S/C26H22ClN3O2S2/c1-16-28-23(20-15-22(34-24(20)29-16)17-7-3-2-4-8-17)33-21-9-5-6-14-30(26(21)32)25(31)18-10-12-19(27)13-11-18/h2-4,7-8,10-13,15,21H,5-6,9,14H2,1H3/t21-/m1/s1. The van der Waals surface area contributed by atoms with E-state index in [1.54, 1.807) is 35.6 Å². The van der Waals surface area contributed by atoms with Crippen LogP contribution in [0.25, 0.3) is 20.7 Å². The van der Waals surface area contributed by atoms with Gasteiger partial charge < -0.3 is 0 Å². The number of nitrogens with zero attached hydrogens (tertiary/aromatic N) is 3. The van der Waals surface area contributed by atoms with Crippen LogP contribution in [0.3, 0.4) is 0 Å². The summed E-state index contributed by atoms with van der Waals surface area (Å²) in [6.07, 6.45) is 2.37. The van der Waals surface area contributed by atoms with Crippen LogP contribution in [0.15, 0.2) is 65.7 Å². The SMILES string of the molecule is Cc1nc(S[C@@H]2CCCCN(C(=O)c3ccc(Cl)cc3)C2=O)c2cc(-c3ccccc3)sc2n1. The lowest BCUT2D eigenvalue weighted by atomic mass is 10.2. The summed E-state index contributed by atoms with van der Waals surface area (Å²) in [6, 6.07) is 19.0. The highest BCUT2D eigenvalue weighted by Gasteiger charge is 2.33. The molecular formula is C26H22ClN3O2S2. The van der Waals surface area contributed by atoms with E-state index in [1.807, 2.05) is 25.1 Å². The van der Waals surface area contributed by atoms with Crippen molar-refractivity contribution in [2.24, 2.45) is 0 Å². The zero-order valence-electron chi connectivity index (χ0n) is 18.5. The lowest BCUT2D eigenvalue weighted by Crippen LogP contribution is -2.41. The molecule has 1 aliphatic heterocycles. The summed E-state index contributed by atoms with van der Waals surface area (Å²) < 4.78 is 0. The van der Waals surface area contributed by atoms with E-state index in [1.165, 1.54) is 16.7 Å². The molecule has 0 spiro atoms. The largest absolute Gasteiger partial charge is 0.278 e. The van der Waals surface area contributed by atoms with Gasteiger partial charge in [0.1, 0.15) is 15.7 Å². The molecule has 0 saturated carbocycles. The van der Waals surface area contributed by atoms with Gasteiger partial charge in [-0.05, 0) is 55.7 Å². The summed E-state index contributed by atoms with van der Waals surface area (Å²) >= 11 is 9.04. The third-order valence-corrected chi connectivity index (χ3v) is 8.34. The monoisotopic (exact) mass is 507 g/mol. The normalized spacial score (nSPS) is 16.6. The van der Waals surface area contributed by atoms with Crippen molar-refractivity contribution < 1.29 is 9.59 Å². The van der Waals surface area contributed by atoms with Crippen molar-refractivity contribution in [3.05, 3.63) is 77.1 Å². The van der Waals surface area contributed by atoms with E-state index >= 15 is 0 Å². The van der Waals surface area contributed by atoms with E-state index in [0.29, 0.717) is 29.4 Å².